The molecule has 0 aliphatic carbocycles. The summed E-state index contributed by atoms with van der Waals surface area (Å²) < 4.78 is 0. The molecule has 1 aliphatic heterocycles. The molecule has 1 fully saturated rings. The molecule has 1 atom stereocenters. The molecule has 1 aliphatic rings. The van der Waals surface area contributed by atoms with Crippen LogP contribution in [0, 0.1) is 6.92 Å². The summed E-state index contributed by atoms with van der Waals surface area (Å²) in [6.45, 7) is 5.29. The molecule has 5 heteroatoms. The second kappa shape index (κ2) is 7.38. The van der Waals surface area contributed by atoms with Crippen LogP contribution >= 0.6 is 0 Å². The molecule has 0 saturated carbocycles. The normalized spacial score (nSPS) is 17.1. The molecule has 0 spiro atoms. The van der Waals surface area contributed by atoms with Crippen LogP contribution < -0.4 is 10.6 Å². The van der Waals surface area contributed by atoms with Gasteiger partial charge in [-0.15, -0.1) is 0 Å². The van der Waals surface area contributed by atoms with E-state index in [0.29, 0.717) is 19.6 Å². The lowest BCUT2D eigenvalue weighted by Gasteiger charge is -2.32. The number of amides is 3. The zero-order valence-electron chi connectivity index (χ0n) is 14.6. The van der Waals surface area contributed by atoms with Gasteiger partial charge in [0.2, 0.25) is 5.91 Å². The summed E-state index contributed by atoms with van der Waals surface area (Å²) in [6, 6.07) is 15.8. The van der Waals surface area contributed by atoms with E-state index in [4.69, 9.17) is 0 Å². The summed E-state index contributed by atoms with van der Waals surface area (Å²) in [5.74, 6) is -0.107. The van der Waals surface area contributed by atoms with Crippen LogP contribution in [-0.2, 0) is 11.3 Å². The molecule has 1 saturated heterocycles. The van der Waals surface area contributed by atoms with E-state index in [1.807, 2.05) is 24.3 Å². The van der Waals surface area contributed by atoms with Crippen molar-refractivity contribution in [2.75, 3.05) is 13.1 Å². The average molecular weight is 337 g/mol. The molecule has 2 aromatic rings. The van der Waals surface area contributed by atoms with Crippen molar-refractivity contribution in [1.29, 1.82) is 0 Å². The first-order valence-electron chi connectivity index (χ1n) is 8.53. The Labute approximate surface area is 148 Å². The molecule has 0 aromatic heterocycles. The van der Waals surface area contributed by atoms with Gasteiger partial charge in [-0.3, -0.25) is 4.79 Å². The lowest BCUT2D eigenvalue weighted by atomic mass is 9.98. The van der Waals surface area contributed by atoms with E-state index >= 15 is 0 Å². The summed E-state index contributed by atoms with van der Waals surface area (Å²) in [7, 11) is 0. The summed E-state index contributed by atoms with van der Waals surface area (Å²) in [4.78, 5) is 25.6. The highest BCUT2D eigenvalue weighted by Crippen LogP contribution is 2.24. The van der Waals surface area contributed by atoms with Crippen molar-refractivity contribution in [2.24, 2.45) is 0 Å². The summed E-state index contributed by atoms with van der Waals surface area (Å²) >= 11 is 0. The van der Waals surface area contributed by atoms with Crippen LogP contribution in [0.5, 0.6) is 0 Å². The highest BCUT2D eigenvalue weighted by molar-refractivity contribution is 5.87. The van der Waals surface area contributed by atoms with Crippen LogP contribution in [0.15, 0.2) is 48.5 Å². The van der Waals surface area contributed by atoms with E-state index in [9.17, 15) is 9.59 Å². The van der Waals surface area contributed by atoms with Gasteiger partial charge < -0.3 is 15.5 Å². The van der Waals surface area contributed by atoms with E-state index < -0.39 is 6.04 Å². The Morgan fingerprint density at radius 2 is 2.00 bits per heavy atom. The number of carbonyl (C=O) groups excluding carboxylic acids is 2. The third-order valence-corrected chi connectivity index (χ3v) is 4.58. The Morgan fingerprint density at radius 3 is 2.72 bits per heavy atom. The van der Waals surface area contributed by atoms with Gasteiger partial charge in [-0.05, 0) is 36.1 Å². The van der Waals surface area contributed by atoms with Crippen molar-refractivity contribution in [3.63, 3.8) is 0 Å². The Hall–Kier alpha value is -2.82. The molecule has 25 heavy (non-hydrogen) atoms. The predicted octanol–water partition coefficient (Wildman–Crippen LogP) is 2.69. The number of hydrogen-bond donors (Lipinski definition) is 2. The van der Waals surface area contributed by atoms with E-state index in [1.165, 1.54) is 16.7 Å². The highest BCUT2D eigenvalue weighted by Gasteiger charge is 2.28. The standard InChI is InChI=1S/C20H23N3O2/c1-14-12-16(8-9-18(14)17-6-4-3-5-7-17)13-22-20(25)23-11-10-21-19(24)15(23)2/h3-9,12,15H,10-11,13H2,1-2H3,(H,21,24)(H,22,25). The minimum absolute atomic E-state index is 0.107. The van der Waals surface area contributed by atoms with Gasteiger partial charge in [0.05, 0.1) is 0 Å². The van der Waals surface area contributed by atoms with Crippen molar-refractivity contribution < 1.29 is 9.59 Å². The molecule has 5 nitrogen and oxygen atoms in total. The van der Waals surface area contributed by atoms with E-state index in [-0.39, 0.29) is 11.9 Å². The van der Waals surface area contributed by atoms with Crippen LogP contribution in [0.4, 0.5) is 4.79 Å². The van der Waals surface area contributed by atoms with Gasteiger partial charge in [-0.1, -0.05) is 48.5 Å². The molecular weight excluding hydrogens is 314 g/mol. The minimum Gasteiger partial charge on any atom is -0.353 e. The van der Waals surface area contributed by atoms with Crippen LogP contribution in [-0.4, -0.2) is 36.0 Å². The zero-order chi connectivity index (χ0) is 17.8. The van der Waals surface area contributed by atoms with Gasteiger partial charge in [-0.25, -0.2) is 4.79 Å². The maximum Gasteiger partial charge on any atom is 0.318 e. The molecule has 0 radical (unpaired) electrons. The third-order valence-electron chi connectivity index (χ3n) is 4.58. The molecule has 2 aromatic carbocycles. The van der Waals surface area contributed by atoms with Gasteiger partial charge in [0.25, 0.3) is 0 Å². The number of piperazine rings is 1. The number of carbonyl (C=O) groups is 2. The lowest BCUT2D eigenvalue weighted by molar-refractivity contribution is -0.126. The fourth-order valence-corrected chi connectivity index (χ4v) is 3.12. The molecule has 0 bridgehead atoms. The van der Waals surface area contributed by atoms with Crippen molar-refractivity contribution >= 4 is 11.9 Å². The first kappa shape index (κ1) is 17.0. The number of rotatable bonds is 3. The Balaban J connectivity index is 1.65. The van der Waals surface area contributed by atoms with Crippen LogP contribution in [0.25, 0.3) is 11.1 Å². The van der Waals surface area contributed by atoms with Gasteiger partial charge in [0.1, 0.15) is 6.04 Å². The quantitative estimate of drug-likeness (QED) is 0.904. The topological polar surface area (TPSA) is 61.4 Å². The van der Waals surface area contributed by atoms with Crippen molar-refractivity contribution in [2.45, 2.75) is 26.4 Å². The van der Waals surface area contributed by atoms with Crippen molar-refractivity contribution in [3.8, 4) is 11.1 Å². The number of benzene rings is 2. The number of nitrogens with one attached hydrogen (secondary N) is 2. The molecule has 1 heterocycles. The van der Waals surface area contributed by atoms with Gasteiger partial charge in [0.15, 0.2) is 0 Å². The van der Waals surface area contributed by atoms with Crippen LogP contribution in [0.3, 0.4) is 0 Å². The second-order valence-corrected chi connectivity index (χ2v) is 6.33. The van der Waals surface area contributed by atoms with E-state index in [0.717, 1.165) is 5.56 Å². The third kappa shape index (κ3) is 3.82. The lowest BCUT2D eigenvalue weighted by Crippen LogP contribution is -2.58. The van der Waals surface area contributed by atoms with E-state index in [2.05, 4.69) is 41.8 Å². The number of hydrogen-bond acceptors (Lipinski definition) is 2. The molecule has 3 rings (SSSR count). The second-order valence-electron chi connectivity index (χ2n) is 6.33. The largest absolute Gasteiger partial charge is 0.353 e. The maximum atomic E-state index is 12.3. The number of nitrogens with zero attached hydrogens (tertiary/aromatic N) is 1. The highest BCUT2D eigenvalue weighted by atomic mass is 16.2. The summed E-state index contributed by atoms with van der Waals surface area (Å²) in [5, 5.41) is 5.67. The number of aryl methyl sites for hydroxylation is 1. The molecule has 1 unspecified atom stereocenters. The number of urea groups is 1. The first-order valence-corrected chi connectivity index (χ1v) is 8.53. The fraction of sp³-hybridized carbons (Fsp3) is 0.300. The maximum absolute atomic E-state index is 12.3. The van der Waals surface area contributed by atoms with Crippen molar-refractivity contribution in [3.05, 3.63) is 59.7 Å². The van der Waals surface area contributed by atoms with Gasteiger partial charge >= 0.3 is 6.03 Å². The van der Waals surface area contributed by atoms with Gasteiger partial charge in [0, 0.05) is 19.6 Å². The summed E-state index contributed by atoms with van der Waals surface area (Å²) in [6.07, 6.45) is 0. The van der Waals surface area contributed by atoms with Crippen LogP contribution in [0.2, 0.25) is 0 Å². The first-order chi connectivity index (χ1) is 12.1. The molecule has 2 N–H and O–H groups in total. The monoisotopic (exact) mass is 337 g/mol. The molecule has 130 valence electrons. The van der Waals surface area contributed by atoms with Gasteiger partial charge in [-0.2, -0.15) is 0 Å². The zero-order valence-corrected chi connectivity index (χ0v) is 14.6. The van der Waals surface area contributed by atoms with Crippen LogP contribution in [0.1, 0.15) is 18.1 Å². The molecule has 3 amide bonds. The Morgan fingerprint density at radius 1 is 1.24 bits per heavy atom. The summed E-state index contributed by atoms with van der Waals surface area (Å²) in [5.41, 5.74) is 4.59. The Bertz CT molecular complexity index is 774. The average Bonchev–Trinajstić information content (AvgIpc) is 2.63. The Kier molecular flexibility index (Phi) is 5.03. The molecular formula is C20H23N3O2. The van der Waals surface area contributed by atoms with Crippen molar-refractivity contribution in [1.82, 2.24) is 15.5 Å². The smallest absolute Gasteiger partial charge is 0.318 e. The predicted molar refractivity (Wildman–Crippen MR) is 98.0 cm³/mol. The van der Waals surface area contributed by atoms with E-state index in [1.54, 1.807) is 11.8 Å². The SMILES string of the molecule is Cc1cc(CNC(=O)N2CCNC(=O)C2C)ccc1-c1ccccc1. The fourth-order valence-electron chi connectivity index (χ4n) is 3.12. The minimum atomic E-state index is -0.434.